The molecule has 0 aliphatic carbocycles. The van der Waals surface area contributed by atoms with Crippen LogP contribution < -0.4 is 15.2 Å². The van der Waals surface area contributed by atoms with Crippen molar-refractivity contribution in [2.24, 2.45) is 0 Å². The van der Waals surface area contributed by atoms with Crippen LogP contribution >= 0.6 is 0 Å². The summed E-state index contributed by atoms with van der Waals surface area (Å²) in [5, 5.41) is 0. The van der Waals surface area contributed by atoms with Gasteiger partial charge in [0.25, 0.3) is 0 Å². The van der Waals surface area contributed by atoms with E-state index in [2.05, 4.69) is 0 Å². The molecular formula is C14H13F3N2O3S. The fraction of sp³-hybridized carbons (Fsp3) is 0.143. The van der Waals surface area contributed by atoms with E-state index in [-0.39, 0.29) is 11.4 Å². The standard InChI is InChI=1S/C14H13F3N2O3S/c1-23(20,21)19-12-8-9(14(15,16)17)2-7-13(12)22-11-5-3-10(18)4-6-11/h2-8,19H,18H2,1H3. The van der Waals surface area contributed by atoms with Crippen LogP contribution in [0.25, 0.3) is 0 Å². The molecule has 0 aliphatic rings. The van der Waals surface area contributed by atoms with Gasteiger partial charge in [0, 0.05) is 5.69 Å². The van der Waals surface area contributed by atoms with Gasteiger partial charge in [-0.1, -0.05) is 0 Å². The van der Waals surface area contributed by atoms with E-state index < -0.39 is 21.8 Å². The molecule has 124 valence electrons. The summed E-state index contributed by atoms with van der Waals surface area (Å²) < 4.78 is 68.5. The Morgan fingerprint density at radius 3 is 2.22 bits per heavy atom. The highest BCUT2D eigenvalue weighted by molar-refractivity contribution is 7.92. The quantitative estimate of drug-likeness (QED) is 0.831. The summed E-state index contributed by atoms with van der Waals surface area (Å²) >= 11 is 0. The van der Waals surface area contributed by atoms with E-state index in [1.54, 1.807) is 12.1 Å². The molecule has 0 aliphatic heterocycles. The molecule has 0 radical (unpaired) electrons. The van der Waals surface area contributed by atoms with Crippen LogP contribution in [0, 0.1) is 0 Å². The second-order valence-corrected chi connectivity index (χ2v) is 6.50. The second kappa shape index (κ2) is 5.99. The average molecular weight is 346 g/mol. The van der Waals surface area contributed by atoms with Gasteiger partial charge in [0.2, 0.25) is 10.0 Å². The van der Waals surface area contributed by atoms with Crippen LogP contribution in [0.15, 0.2) is 42.5 Å². The Bertz CT molecular complexity index is 803. The maximum Gasteiger partial charge on any atom is 0.416 e. The summed E-state index contributed by atoms with van der Waals surface area (Å²) in [6.07, 6.45) is -3.77. The van der Waals surface area contributed by atoms with Gasteiger partial charge in [0.05, 0.1) is 17.5 Å². The number of sulfonamides is 1. The van der Waals surface area contributed by atoms with Gasteiger partial charge in [-0.25, -0.2) is 8.42 Å². The number of nitrogens with two attached hydrogens (primary N) is 1. The first-order valence-corrected chi connectivity index (χ1v) is 8.16. The molecule has 0 heterocycles. The largest absolute Gasteiger partial charge is 0.455 e. The number of halogens is 3. The molecule has 0 amide bonds. The molecule has 0 unspecified atom stereocenters. The molecule has 2 aromatic rings. The zero-order valence-electron chi connectivity index (χ0n) is 11.9. The Labute approximate surface area is 130 Å². The molecule has 23 heavy (non-hydrogen) atoms. The Hall–Kier alpha value is -2.42. The zero-order chi connectivity index (χ0) is 17.3. The third-order valence-electron chi connectivity index (χ3n) is 2.71. The summed E-state index contributed by atoms with van der Waals surface area (Å²) in [6.45, 7) is 0. The molecule has 2 aromatic carbocycles. The first kappa shape index (κ1) is 16.9. The van der Waals surface area contributed by atoms with Crippen LogP contribution in [0.3, 0.4) is 0 Å². The lowest BCUT2D eigenvalue weighted by atomic mass is 10.2. The predicted octanol–water partition coefficient (Wildman–Crippen LogP) is 3.45. The van der Waals surface area contributed by atoms with E-state index >= 15 is 0 Å². The molecule has 0 bridgehead atoms. The summed E-state index contributed by atoms with van der Waals surface area (Å²) in [5.74, 6) is 0.240. The van der Waals surface area contributed by atoms with Crippen molar-refractivity contribution in [3.63, 3.8) is 0 Å². The van der Waals surface area contributed by atoms with Gasteiger partial charge in [-0.15, -0.1) is 0 Å². The van der Waals surface area contributed by atoms with Gasteiger partial charge < -0.3 is 10.5 Å². The van der Waals surface area contributed by atoms with Gasteiger partial charge in [-0.2, -0.15) is 13.2 Å². The highest BCUT2D eigenvalue weighted by Crippen LogP contribution is 2.37. The fourth-order valence-corrected chi connectivity index (χ4v) is 2.30. The Balaban J connectivity index is 2.42. The molecule has 5 nitrogen and oxygen atoms in total. The molecule has 3 N–H and O–H groups in total. The fourth-order valence-electron chi connectivity index (χ4n) is 1.74. The number of anilines is 2. The minimum atomic E-state index is -4.60. The van der Waals surface area contributed by atoms with Crippen LogP contribution in [0.4, 0.5) is 24.5 Å². The van der Waals surface area contributed by atoms with Gasteiger partial charge in [-0.05, 0) is 42.5 Å². The molecule has 0 saturated heterocycles. The zero-order valence-corrected chi connectivity index (χ0v) is 12.7. The molecule has 0 fully saturated rings. The average Bonchev–Trinajstić information content (AvgIpc) is 2.40. The summed E-state index contributed by atoms with van der Waals surface area (Å²) in [4.78, 5) is 0. The topological polar surface area (TPSA) is 81.4 Å². The van der Waals surface area contributed by atoms with Crippen molar-refractivity contribution in [2.75, 3.05) is 16.7 Å². The summed E-state index contributed by atoms with van der Waals surface area (Å²) in [7, 11) is -3.78. The number of rotatable bonds is 4. The van der Waals surface area contributed by atoms with Crippen molar-refractivity contribution < 1.29 is 26.3 Å². The van der Waals surface area contributed by atoms with Crippen molar-refractivity contribution in [3.05, 3.63) is 48.0 Å². The third kappa shape index (κ3) is 4.78. The number of nitrogen functional groups attached to an aromatic ring is 1. The van der Waals surface area contributed by atoms with Gasteiger partial charge >= 0.3 is 6.18 Å². The molecule has 9 heteroatoms. The number of alkyl halides is 3. The maximum absolute atomic E-state index is 12.8. The highest BCUT2D eigenvalue weighted by Gasteiger charge is 2.31. The normalized spacial score (nSPS) is 12.0. The van der Waals surface area contributed by atoms with Crippen LogP contribution in [-0.2, 0) is 16.2 Å². The molecule has 0 saturated carbocycles. The third-order valence-corrected chi connectivity index (χ3v) is 3.30. The smallest absolute Gasteiger partial charge is 0.416 e. The van der Waals surface area contributed by atoms with E-state index in [0.717, 1.165) is 18.4 Å². The van der Waals surface area contributed by atoms with E-state index in [1.165, 1.54) is 12.1 Å². The van der Waals surface area contributed by atoms with Crippen molar-refractivity contribution >= 4 is 21.4 Å². The molecular weight excluding hydrogens is 333 g/mol. The lowest BCUT2D eigenvalue weighted by Gasteiger charge is -2.15. The summed E-state index contributed by atoms with van der Waals surface area (Å²) in [5.41, 5.74) is 4.72. The van der Waals surface area contributed by atoms with Crippen molar-refractivity contribution in [2.45, 2.75) is 6.18 Å². The van der Waals surface area contributed by atoms with Gasteiger partial charge in [0.15, 0.2) is 5.75 Å². The lowest BCUT2D eigenvalue weighted by molar-refractivity contribution is -0.137. The SMILES string of the molecule is CS(=O)(=O)Nc1cc(C(F)(F)F)ccc1Oc1ccc(N)cc1. The van der Waals surface area contributed by atoms with E-state index in [9.17, 15) is 21.6 Å². The van der Waals surface area contributed by atoms with Crippen molar-refractivity contribution in [1.29, 1.82) is 0 Å². The molecule has 0 aromatic heterocycles. The highest BCUT2D eigenvalue weighted by atomic mass is 32.2. The van der Waals surface area contributed by atoms with Gasteiger partial charge in [0.1, 0.15) is 5.75 Å². The monoisotopic (exact) mass is 346 g/mol. The first-order valence-electron chi connectivity index (χ1n) is 6.27. The van der Waals surface area contributed by atoms with Crippen molar-refractivity contribution in [1.82, 2.24) is 0 Å². The van der Waals surface area contributed by atoms with Crippen LogP contribution in [0.2, 0.25) is 0 Å². The molecule has 0 atom stereocenters. The van der Waals surface area contributed by atoms with Crippen molar-refractivity contribution in [3.8, 4) is 11.5 Å². The lowest BCUT2D eigenvalue weighted by Crippen LogP contribution is -2.12. The van der Waals surface area contributed by atoms with Crippen LogP contribution in [0.1, 0.15) is 5.56 Å². The predicted molar refractivity (Wildman–Crippen MR) is 80.8 cm³/mol. The van der Waals surface area contributed by atoms with Crippen LogP contribution in [0.5, 0.6) is 11.5 Å². The Morgan fingerprint density at radius 2 is 1.70 bits per heavy atom. The number of hydrogen-bond donors (Lipinski definition) is 2. The van der Waals surface area contributed by atoms with E-state index in [1.807, 2.05) is 4.72 Å². The molecule has 2 rings (SSSR count). The number of hydrogen-bond acceptors (Lipinski definition) is 4. The second-order valence-electron chi connectivity index (χ2n) is 4.75. The minimum absolute atomic E-state index is 0.0619. The van der Waals surface area contributed by atoms with E-state index in [0.29, 0.717) is 17.5 Å². The number of ether oxygens (including phenoxy) is 1. The minimum Gasteiger partial charge on any atom is -0.455 e. The van der Waals surface area contributed by atoms with Gasteiger partial charge in [-0.3, -0.25) is 4.72 Å². The van der Waals surface area contributed by atoms with E-state index in [4.69, 9.17) is 10.5 Å². The molecule has 0 spiro atoms. The maximum atomic E-state index is 12.8. The summed E-state index contributed by atoms with van der Waals surface area (Å²) in [6, 6.07) is 8.64. The first-order chi connectivity index (χ1) is 10.5. The van der Waals surface area contributed by atoms with Crippen LogP contribution in [-0.4, -0.2) is 14.7 Å². The Morgan fingerprint density at radius 1 is 1.09 bits per heavy atom. The Kier molecular flexibility index (Phi) is 4.42. The number of benzene rings is 2. The number of nitrogens with one attached hydrogen (secondary N) is 1.